The second-order valence-corrected chi connectivity index (χ2v) is 8.20. The molecule has 2 aromatic carbocycles. The molecule has 5 nitrogen and oxygen atoms in total. The third-order valence-electron chi connectivity index (χ3n) is 4.15. The van der Waals surface area contributed by atoms with Crippen molar-refractivity contribution in [3.8, 4) is 11.5 Å². The van der Waals surface area contributed by atoms with Crippen molar-refractivity contribution in [3.63, 3.8) is 0 Å². The summed E-state index contributed by atoms with van der Waals surface area (Å²) >= 11 is 3.45. The highest BCUT2D eigenvalue weighted by Crippen LogP contribution is 2.35. The molecule has 0 saturated heterocycles. The number of ether oxygens (including phenoxy) is 2. The average molecular weight is 412 g/mol. The first-order chi connectivity index (χ1) is 11.4. The van der Waals surface area contributed by atoms with Crippen LogP contribution in [0.3, 0.4) is 0 Å². The van der Waals surface area contributed by atoms with Crippen LogP contribution in [0.5, 0.6) is 11.5 Å². The molecule has 0 spiro atoms. The zero-order valence-corrected chi connectivity index (χ0v) is 15.8. The molecule has 0 aromatic heterocycles. The van der Waals surface area contributed by atoms with Gasteiger partial charge in [-0.15, -0.1) is 0 Å². The quantitative estimate of drug-likeness (QED) is 0.818. The topological polar surface area (TPSA) is 64.6 Å². The summed E-state index contributed by atoms with van der Waals surface area (Å²) < 4.78 is 39.6. The lowest BCUT2D eigenvalue weighted by molar-refractivity contribution is 0.354. The number of rotatable bonds is 5. The number of halogens is 1. The molecule has 0 amide bonds. The Morgan fingerprint density at radius 3 is 2.54 bits per heavy atom. The van der Waals surface area contributed by atoms with E-state index in [-0.39, 0.29) is 10.9 Å². The predicted octanol–water partition coefficient (Wildman–Crippen LogP) is 3.43. The Bertz CT molecular complexity index is 867. The molecule has 0 aliphatic heterocycles. The summed E-state index contributed by atoms with van der Waals surface area (Å²) in [7, 11) is -0.661. The van der Waals surface area contributed by atoms with Gasteiger partial charge >= 0.3 is 0 Å². The van der Waals surface area contributed by atoms with Crippen LogP contribution in [-0.4, -0.2) is 22.6 Å². The largest absolute Gasteiger partial charge is 0.493 e. The molecule has 1 N–H and O–H groups in total. The SMILES string of the molecule is COc1ccc(S(=O)(=O)NC2CCc3cc(Br)ccc32)cc1OC. The van der Waals surface area contributed by atoms with Crippen molar-refractivity contribution in [2.75, 3.05) is 14.2 Å². The third-order valence-corrected chi connectivity index (χ3v) is 6.11. The molecule has 3 rings (SSSR count). The van der Waals surface area contributed by atoms with Gasteiger partial charge in [0.2, 0.25) is 10.0 Å². The van der Waals surface area contributed by atoms with E-state index in [2.05, 4.69) is 20.7 Å². The zero-order chi connectivity index (χ0) is 17.3. The van der Waals surface area contributed by atoms with Crippen LogP contribution >= 0.6 is 15.9 Å². The number of methoxy groups -OCH3 is 2. The van der Waals surface area contributed by atoms with Gasteiger partial charge in [0, 0.05) is 16.6 Å². The summed E-state index contributed by atoms with van der Waals surface area (Å²) in [6.07, 6.45) is 1.60. The van der Waals surface area contributed by atoms with Crippen molar-refractivity contribution in [1.29, 1.82) is 0 Å². The molecule has 24 heavy (non-hydrogen) atoms. The van der Waals surface area contributed by atoms with Gasteiger partial charge in [-0.1, -0.05) is 22.0 Å². The maximum Gasteiger partial charge on any atom is 0.241 e. The Balaban J connectivity index is 1.88. The number of fused-ring (bicyclic) bond motifs is 1. The first kappa shape index (κ1) is 17.3. The summed E-state index contributed by atoms with van der Waals surface area (Å²) in [6, 6.07) is 10.3. The summed E-state index contributed by atoms with van der Waals surface area (Å²) in [5, 5.41) is 0. The highest BCUT2D eigenvalue weighted by atomic mass is 79.9. The fourth-order valence-electron chi connectivity index (χ4n) is 2.95. The van der Waals surface area contributed by atoms with Gasteiger partial charge in [-0.25, -0.2) is 13.1 Å². The van der Waals surface area contributed by atoms with Crippen molar-refractivity contribution < 1.29 is 17.9 Å². The molecule has 1 aliphatic carbocycles. The van der Waals surface area contributed by atoms with Crippen molar-refractivity contribution >= 4 is 26.0 Å². The van der Waals surface area contributed by atoms with E-state index in [1.807, 2.05) is 18.2 Å². The molecule has 128 valence electrons. The molecule has 0 heterocycles. The lowest BCUT2D eigenvalue weighted by Gasteiger charge is -2.16. The molecular formula is C17H18BrNO4S. The van der Waals surface area contributed by atoms with Crippen LogP contribution in [0.25, 0.3) is 0 Å². The van der Waals surface area contributed by atoms with Crippen LogP contribution in [0.15, 0.2) is 45.8 Å². The molecule has 0 saturated carbocycles. The number of aryl methyl sites for hydroxylation is 1. The Morgan fingerprint density at radius 2 is 1.83 bits per heavy atom. The van der Waals surface area contributed by atoms with Gasteiger partial charge in [0.1, 0.15) is 0 Å². The maximum absolute atomic E-state index is 12.7. The van der Waals surface area contributed by atoms with E-state index in [9.17, 15) is 8.42 Å². The Morgan fingerprint density at radius 1 is 1.08 bits per heavy atom. The van der Waals surface area contributed by atoms with E-state index in [0.717, 1.165) is 22.9 Å². The number of hydrogen-bond acceptors (Lipinski definition) is 4. The van der Waals surface area contributed by atoms with E-state index in [4.69, 9.17) is 9.47 Å². The minimum atomic E-state index is -3.65. The number of sulfonamides is 1. The summed E-state index contributed by atoms with van der Waals surface area (Å²) in [5.74, 6) is 0.878. The average Bonchev–Trinajstić information content (AvgIpc) is 2.95. The fraction of sp³-hybridized carbons (Fsp3) is 0.294. The van der Waals surface area contributed by atoms with Gasteiger partial charge in [0.05, 0.1) is 19.1 Å². The molecule has 2 aromatic rings. The first-order valence-electron chi connectivity index (χ1n) is 7.47. The first-order valence-corrected chi connectivity index (χ1v) is 9.75. The Hall–Kier alpha value is -1.57. The predicted molar refractivity (Wildman–Crippen MR) is 95.1 cm³/mol. The molecular weight excluding hydrogens is 394 g/mol. The lowest BCUT2D eigenvalue weighted by atomic mass is 10.1. The van der Waals surface area contributed by atoms with Crippen molar-refractivity contribution in [3.05, 3.63) is 52.0 Å². The third kappa shape index (κ3) is 3.29. The van der Waals surface area contributed by atoms with E-state index in [0.29, 0.717) is 11.5 Å². The highest BCUT2D eigenvalue weighted by Gasteiger charge is 2.28. The zero-order valence-electron chi connectivity index (χ0n) is 13.4. The monoisotopic (exact) mass is 411 g/mol. The van der Waals surface area contributed by atoms with Crippen LogP contribution in [0, 0.1) is 0 Å². The molecule has 1 aliphatic rings. The van der Waals surface area contributed by atoms with Gasteiger partial charge < -0.3 is 9.47 Å². The van der Waals surface area contributed by atoms with E-state index >= 15 is 0 Å². The van der Waals surface area contributed by atoms with Crippen LogP contribution in [0.2, 0.25) is 0 Å². The lowest BCUT2D eigenvalue weighted by Crippen LogP contribution is -2.27. The number of benzene rings is 2. The summed E-state index contributed by atoms with van der Waals surface area (Å²) in [5.41, 5.74) is 2.20. The summed E-state index contributed by atoms with van der Waals surface area (Å²) in [4.78, 5) is 0.158. The van der Waals surface area contributed by atoms with Crippen LogP contribution in [0.4, 0.5) is 0 Å². The molecule has 0 radical (unpaired) electrons. The molecule has 0 bridgehead atoms. The van der Waals surface area contributed by atoms with E-state index in [1.54, 1.807) is 6.07 Å². The van der Waals surface area contributed by atoms with Gasteiger partial charge in [0.15, 0.2) is 11.5 Å². The van der Waals surface area contributed by atoms with Gasteiger partial charge in [-0.05, 0) is 48.2 Å². The minimum absolute atomic E-state index is 0.158. The fourth-order valence-corrected chi connectivity index (χ4v) is 4.62. The number of nitrogens with one attached hydrogen (secondary N) is 1. The van der Waals surface area contributed by atoms with Crippen LogP contribution < -0.4 is 14.2 Å². The van der Waals surface area contributed by atoms with Gasteiger partial charge in [-0.3, -0.25) is 0 Å². The van der Waals surface area contributed by atoms with E-state index in [1.165, 1.54) is 31.9 Å². The van der Waals surface area contributed by atoms with Crippen molar-refractivity contribution in [2.24, 2.45) is 0 Å². The molecule has 1 unspecified atom stereocenters. The normalized spacial score (nSPS) is 16.7. The number of hydrogen-bond donors (Lipinski definition) is 1. The van der Waals surface area contributed by atoms with Crippen molar-refractivity contribution in [1.82, 2.24) is 4.72 Å². The summed E-state index contributed by atoms with van der Waals surface area (Å²) in [6.45, 7) is 0. The Labute approximate surface area is 150 Å². The highest BCUT2D eigenvalue weighted by molar-refractivity contribution is 9.10. The van der Waals surface area contributed by atoms with Crippen LogP contribution in [0.1, 0.15) is 23.6 Å². The molecule has 7 heteroatoms. The molecule has 1 atom stereocenters. The standard InChI is InChI=1S/C17H18BrNO4S/c1-22-16-8-5-13(10-17(16)23-2)24(20,21)19-15-7-3-11-9-12(18)4-6-14(11)15/h4-6,8-10,15,19H,3,7H2,1-2H3. The van der Waals surface area contributed by atoms with Gasteiger partial charge in [0.25, 0.3) is 0 Å². The van der Waals surface area contributed by atoms with Crippen LogP contribution in [-0.2, 0) is 16.4 Å². The van der Waals surface area contributed by atoms with Gasteiger partial charge in [-0.2, -0.15) is 0 Å². The second kappa shape index (κ2) is 6.74. The second-order valence-electron chi connectivity index (χ2n) is 5.57. The minimum Gasteiger partial charge on any atom is -0.493 e. The van der Waals surface area contributed by atoms with E-state index < -0.39 is 10.0 Å². The Kier molecular flexibility index (Phi) is 4.85. The maximum atomic E-state index is 12.7. The smallest absolute Gasteiger partial charge is 0.241 e. The molecule has 0 fully saturated rings. The van der Waals surface area contributed by atoms with Crippen molar-refractivity contribution in [2.45, 2.75) is 23.8 Å².